The minimum absolute atomic E-state index is 0.185. The molecule has 0 aliphatic heterocycles. The summed E-state index contributed by atoms with van der Waals surface area (Å²) >= 11 is 0. The van der Waals surface area contributed by atoms with Crippen molar-refractivity contribution < 1.29 is 9.52 Å². The second-order valence-electron chi connectivity index (χ2n) is 5.51. The van der Waals surface area contributed by atoms with E-state index in [1.807, 2.05) is 13.0 Å². The van der Waals surface area contributed by atoms with Gasteiger partial charge in [-0.05, 0) is 43.6 Å². The van der Waals surface area contributed by atoms with Gasteiger partial charge in [0.2, 0.25) is 0 Å². The van der Waals surface area contributed by atoms with Gasteiger partial charge >= 0.3 is 5.63 Å². The van der Waals surface area contributed by atoms with Crippen LogP contribution in [-0.2, 0) is 13.0 Å². The highest BCUT2D eigenvalue weighted by Gasteiger charge is 2.11. The van der Waals surface area contributed by atoms with Gasteiger partial charge < -0.3 is 14.4 Å². The Bertz CT molecular complexity index is 676. The maximum absolute atomic E-state index is 11.7. The van der Waals surface area contributed by atoms with Crippen LogP contribution in [0, 0.1) is 0 Å². The topological polar surface area (TPSA) is 53.7 Å². The van der Waals surface area contributed by atoms with Crippen LogP contribution in [0.25, 0.3) is 11.0 Å². The third-order valence-electron chi connectivity index (χ3n) is 3.74. The zero-order valence-electron chi connectivity index (χ0n) is 13.0. The smallest absolute Gasteiger partial charge is 0.336 e. The summed E-state index contributed by atoms with van der Waals surface area (Å²) in [5.41, 5.74) is 1.91. The fourth-order valence-electron chi connectivity index (χ4n) is 2.52. The van der Waals surface area contributed by atoms with Gasteiger partial charge in [-0.1, -0.05) is 20.3 Å². The van der Waals surface area contributed by atoms with E-state index in [0.29, 0.717) is 12.1 Å². The zero-order valence-corrected chi connectivity index (χ0v) is 13.0. The summed E-state index contributed by atoms with van der Waals surface area (Å²) in [5, 5.41) is 10.8. The second-order valence-corrected chi connectivity index (χ2v) is 5.51. The molecule has 0 amide bonds. The van der Waals surface area contributed by atoms with Gasteiger partial charge in [0.1, 0.15) is 11.3 Å². The number of rotatable bonds is 6. The Hall–Kier alpha value is -1.81. The van der Waals surface area contributed by atoms with Gasteiger partial charge in [-0.25, -0.2) is 4.79 Å². The molecular weight excluding hydrogens is 266 g/mol. The molecule has 2 aromatic rings. The number of phenolic OH excluding ortho intramolecular Hbond substituents is 1. The van der Waals surface area contributed by atoms with Gasteiger partial charge in [0.05, 0.1) is 0 Å². The number of unbranched alkanes of at least 4 members (excludes halogenated alkanes) is 1. The molecular formula is C17H23NO3. The summed E-state index contributed by atoms with van der Waals surface area (Å²) in [4.78, 5) is 13.9. The molecule has 4 heteroatoms. The first-order valence-corrected chi connectivity index (χ1v) is 7.52. The first-order valence-electron chi connectivity index (χ1n) is 7.52. The van der Waals surface area contributed by atoms with Crippen LogP contribution in [-0.4, -0.2) is 23.6 Å². The number of hydrogen-bond donors (Lipinski definition) is 1. The van der Waals surface area contributed by atoms with Crippen LogP contribution in [0.1, 0.15) is 37.8 Å². The van der Waals surface area contributed by atoms with Crippen molar-refractivity contribution in [3.63, 3.8) is 0 Å². The standard InChI is InChI=1S/C17H23NO3/c1-4-6-7-18(3)11-13-9-17(20)21-16-10-15(19)12(5-2)8-14(13)16/h8-10,19H,4-7,11H2,1-3H3. The van der Waals surface area contributed by atoms with Crippen LogP contribution in [0.2, 0.25) is 0 Å². The monoisotopic (exact) mass is 289 g/mol. The molecule has 0 aliphatic rings. The fourth-order valence-corrected chi connectivity index (χ4v) is 2.52. The van der Waals surface area contributed by atoms with E-state index in [1.54, 1.807) is 12.1 Å². The van der Waals surface area contributed by atoms with Crippen molar-refractivity contribution in [2.75, 3.05) is 13.6 Å². The summed E-state index contributed by atoms with van der Waals surface area (Å²) in [5.74, 6) is 0.185. The molecule has 0 bridgehead atoms. The van der Waals surface area contributed by atoms with Crippen LogP contribution in [0.4, 0.5) is 0 Å². The molecule has 21 heavy (non-hydrogen) atoms. The molecule has 0 saturated heterocycles. The molecule has 1 heterocycles. The first kappa shape index (κ1) is 15.6. The molecule has 0 spiro atoms. The van der Waals surface area contributed by atoms with Gasteiger partial charge in [-0.3, -0.25) is 0 Å². The van der Waals surface area contributed by atoms with Crippen molar-refractivity contribution >= 4 is 11.0 Å². The SMILES string of the molecule is CCCCN(C)Cc1cc(=O)oc2cc(O)c(CC)cc12. The minimum atomic E-state index is -0.370. The van der Waals surface area contributed by atoms with Crippen molar-refractivity contribution in [1.82, 2.24) is 4.90 Å². The highest BCUT2D eigenvalue weighted by molar-refractivity contribution is 5.82. The van der Waals surface area contributed by atoms with Crippen LogP contribution in [0.5, 0.6) is 5.75 Å². The molecule has 0 radical (unpaired) electrons. The average Bonchev–Trinajstić information content (AvgIpc) is 2.44. The molecule has 1 aromatic carbocycles. The highest BCUT2D eigenvalue weighted by atomic mass is 16.4. The van der Waals surface area contributed by atoms with E-state index >= 15 is 0 Å². The number of aryl methyl sites for hydroxylation is 1. The Morgan fingerprint density at radius 2 is 1.95 bits per heavy atom. The predicted octanol–water partition coefficient (Wildman–Crippen LogP) is 3.29. The lowest BCUT2D eigenvalue weighted by atomic mass is 10.0. The van der Waals surface area contributed by atoms with E-state index in [-0.39, 0.29) is 11.4 Å². The Balaban J connectivity index is 2.44. The first-order chi connectivity index (χ1) is 10.0. The van der Waals surface area contributed by atoms with Crippen molar-refractivity contribution in [3.05, 3.63) is 39.7 Å². The number of fused-ring (bicyclic) bond motifs is 1. The summed E-state index contributed by atoms with van der Waals surface area (Å²) in [6.45, 7) is 5.86. The molecule has 4 nitrogen and oxygen atoms in total. The average molecular weight is 289 g/mol. The Labute approximate surface area is 125 Å². The maximum Gasteiger partial charge on any atom is 0.336 e. The van der Waals surface area contributed by atoms with Crippen molar-refractivity contribution in [2.45, 2.75) is 39.7 Å². The lowest BCUT2D eigenvalue weighted by Gasteiger charge is -2.17. The lowest BCUT2D eigenvalue weighted by molar-refractivity contribution is 0.321. The van der Waals surface area contributed by atoms with Gasteiger partial charge in [0.25, 0.3) is 0 Å². The molecule has 1 N–H and O–H groups in total. The Morgan fingerprint density at radius 1 is 1.19 bits per heavy atom. The quantitative estimate of drug-likeness (QED) is 0.829. The van der Waals surface area contributed by atoms with Gasteiger partial charge in [0, 0.05) is 24.1 Å². The Kier molecular flexibility index (Phi) is 5.02. The van der Waals surface area contributed by atoms with Crippen molar-refractivity contribution in [1.29, 1.82) is 0 Å². The molecule has 0 saturated carbocycles. The number of phenols is 1. The molecule has 1 aromatic heterocycles. The molecule has 0 aliphatic carbocycles. The zero-order chi connectivity index (χ0) is 15.4. The van der Waals surface area contributed by atoms with Gasteiger partial charge in [0.15, 0.2) is 0 Å². The normalized spacial score (nSPS) is 11.4. The van der Waals surface area contributed by atoms with E-state index in [1.165, 1.54) is 0 Å². The van der Waals surface area contributed by atoms with Gasteiger partial charge in [-0.15, -0.1) is 0 Å². The summed E-state index contributed by atoms with van der Waals surface area (Å²) in [6, 6.07) is 5.03. The molecule has 0 unspecified atom stereocenters. The largest absolute Gasteiger partial charge is 0.508 e. The molecule has 114 valence electrons. The number of hydrogen-bond acceptors (Lipinski definition) is 4. The number of aromatic hydroxyl groups is 1. The lowest BCUT2D eigenvalue weighted by Crippen LogP contribution is -2.20. The van der Waals surface area contributed by atoms with Crippen molar-refractivity contribution in [2.24, 2.45) is 0 Å². The van der Waals surface area contributed by atoms with Crippen LogP contribution in [0.3, 0.4) is 0 Å². The molecule has 0 atom stereocenters. The van der Waals surface area contributed by atoms with E-state index in [0.717, 1.165) is 42.3 Å². The summed E-state index contributed by atoms with van der Waals surface area (Å²) in [6.07, 6.45) is 3.03. The number of benzene rings is 1. The van der Waals surface area contributed by atoms with Crippen LogP contribution in [0.15, 0.2) is 27.4 Å². The van der Waals surface area contributed by atoms with E-state index in [9.17, 15) is 9.90 Å². The van der Waals surface area contributed by atoms with Crippen molar-refractivity contribution in [3.8, 4) is 5.75 Å². The van der Waals surface area contributed by atoms with E-state index < -0.39 is 0 Å². The minimum Gasteiger partial charge on any atom is -0.508 e. The maximum atomic E-state index is 11.7. The van der Waals surface area contributed by atoms with E-state index in [4.69, 9.17) is 4.42 Å². The predicted molar refractivity (Wildman–Crippen MR) is 84.8 cm³/mol. The highest BCUT2D eigenvalue weighted by Crippen LogP contribution is 2.27. The van der Waals surface area contributed by atoms with E-state index in [2.05, 4.69) is 18.9 Å². The van der Waals surface area contributed by atoms with Crippen LogP contribution < -0.4 is 5.63 Å². The number of nitrogens with zero attached hydrogens (tertiary/aromatic N) is 1. The fraction of sp³-hybridized carbons (Fsp3) is 0.471. The second kappa shape index (κ2) is 6.76. The molecule has 2 rings (SSSR count). The summed E-state index contributed by atoms with van der Waals surface area (Å²) < 4.78 is 5.21. The van der Waals surface area contributed by atoms with Gasteiger partial charge in [-0.2, -0.15) is 0 Å². The molecule has 0 fully saturated rings. The Morgan fingerprint density at radius 3 is 2.62 bits per heavy atom. The summed E-state index contributed by atoms with van der Waals surface area (Å²) in [7, 11) is 2.05. The third kappa shape index (κ3) is 3.64. The third-order valence-corrected chi connectivity index (χ3v) is 3.74. The van der Waals surface area contributed by atoms with Crippen LogP contribution >= 0.6 is 0 Å².